The van der Waals surface area contributed by atoms with Crippen LogP contribution >= 0.6 is 0 Å². The van der Waals surface area contributed by atoms with Crippen LogP contribution in [0, 0.1) is 0 Å². The van der Waals surface area contributed by atoms with Gasteiger partial charge in [0.2, 0.25) is 0 Å². The zero-order chi connectivity index (χ0) is 13.0. The average Bonchev–Trinajstić information content (AvgIpc) is 2.82. The Morgan fingerprint density at radius 1 is 1.33 bits per heavy atom. The van der Waals surface area contributed by atoms with Gasteiger partial charge in [0.25, 0.3) is 0 Å². The van der Waals surface area contributed by atoms with E-state index in [0.717, 1.165) is 32.0 Å². The minimum Gasteiger partial charge on any atom is -0.348 e. The Hall–Kier alpha value is -0.910. The molecule has 0 saturated carbocycles. The Kier molecular flexibility index (Phi) is 4.37. The van der Waals surface area contributed by atoms with Crippen molar-refractivity contribution in [3.63, 3.8) is 0 Å². The van der Waals surface area contributed by atoms with E-state index in [9.17, 15) is 0 Å². The number of nitrogens with one attached hydrogen (secondary N) is 2. The van der Waals surface area contributed by atoms with Crippen molar-refractivity contribution in [2.45, 2.75) is 25.9 Å². The number of hydrogen-bond acceptors (Lipinski definition) is 4. The minimum atomic E-state index is 0.202. The molecule has 1 fully saturated rings. The van der Waals surface area contributed by atoms with Crippen molar-refractivity contribution in [3.05, 3.63) is 18.2 Å². The van der Waals surface area contributed by atoms with Crippen molar-refractivity contribution in [1.29, 1.82) is 0 Å². The maximum absolute atomic E-state index is 4.22. The van der Waals surface area contributed by atoms with Gasteiger partial charge in [-0.25, -0.2) is 4.98 Å². The molecule has 2 rings (SSSR count). The van der Waals surface area contributed by atoms with Crippen molar-refractivity contribution < 1.29 is 0 Å². The van der Waals surface area contributed by atoms with E-state index in [4.69, 9.17) is 0 Å². The fraction of sp³-hybridized carbons (Fsp3) is 0.769. The standard InChI is InChI=1S/C13H25N5/c1-13(2,18-8-6-17(3)7-9-18)11-14-10-12-15-4-5-16-12/h4-5,14H,6-11H2,1-3H3,(H,15,16). The van der Waals surface area contributed by atoms with E-state index >= 15 is 0 Å². The maximum Gasteiger partial charge on any atom is 0.120 e. The summed E-state index contributed by atoms with van der Waals surface area (Å²) in [5.74, 6) is 1.00. The quantitative estimate of drug-likeness (QED) is 0.801. The van der Waals surface area contributed by atoms with Crippen LogP contribution in [0.15, 0.2) is 12.4 Å². The van der Waals surface area contributed by atoms with Crippen LogP contribution in [-0.4, -0.2) is 65.1 Å². The first-order valence-electron chi connectivity index (χ1n) is 6.70. The largest absolute Gasteiger partial charge is 0.348 e. The summed E-state index contributed by atoms with van der Waals surface area (Å²) in [4.78, 5) is 12.3. The zero-order valence-corrected chi connectivity index (χ0v) is 11.7. The Morgan fingerprint density at radius 3 is 2.67 bits per heavy atom. The van der Waals surface area contributed by atoms with Gasteiger partial charge in [-0.1, -0.05) is 0 Å². The highest BCUT2D eigenvalue weighted by molar-refractivity contribution is 4.90. The highest BCUT2D eigenvalue weighted by atomic mass is 15.3. The lowest BCUT2D eigenvalue weighted by Gasteiger charge is -2.43. The van der Waals surface area contributed by atoms with Crippen LogP contribution in [0.5, 0.6) is 0 Å². The predicted molar refractivity (Wildman–Crippen MR) is 73.4 cm³/mol. The lowest BCUT2D eigenvalue weighted by Crippen LogP contribution is -2.57. The second kappa shape index (κ2) is 5.82. The first-order chi connectivity index (χ1) is 8.58. The Labute approximate surface area is 110 Å². The SMILES string of the molecule is CN1CCN(C(C)(C)CNCc2ncc[nH]2)CC1. The van der Waals surface area contributed by atoms with Gasteiger partial charge in [-0.2, -0.15) is 0 Å². The third-order valence-corrected chi connectivity index (χ3v) is 3.76. The summed E-state index contributed by atoms with van der Waals surface area (Å²) in [6.45, 7) is 11.1. The Bertz CT molecular complexity index is 338. The third kappa shape index (κ3) is 3.54. The fourth-order valence-electron chi connectivity index (χ4n) is 2.41. The monoisotopic (exact) mass is 251 g/mol. The van der Waals surface area contributed by atoms with Crippen LogP contribution < -0.4 is 5.32 Å². The van der Waals surface area contributed by atoms with Crippen molar-refractivity contribution in [2.75, 3.05) is 39.8 Å². The normalized spacial score (nSPS) is 19.3. The lowest BCUT2D eigenvalue weighted by atomic mass is 10.0. The third-order valence-electron chi connectivity index (χ3n) is 3.76. The molecule has 2 heterocycles. The molecule has 1 aliphatic rings. The van der Waals surface area contributed by atoms with E-state index in [1.807, 2.05) is 6.20 Å². The average molecular weight is 251 g/mol. The number of aromatic amines is 1. The van der Waals surface area contributed by atoms with Gasteiger partial charge in [-0.15, -0.1) is 0 Å². The molecule has 1 aliphatic heterocycles. The number of hydrogen-bond donors (Lipinski definition) is 2. The number of imidazole rings is 1. The van der Waals surface area contributed by atoms with E-state index in [1.165, 1.54) is 13.1 Å². The van der Waals surface area contributed by atoms with Crippen LogP contribution in [0.3, 0.4) is 0 Å². The van der Waals surface area contributed by atoms with Gasteiger partial charge >= 0.3 is 0 Å². The van der Waals surface area contributed by atoms with Gasteiger partial charge in [-0.3, -0.25) is 4.90 Å². The number of rotatable bonds is 5. The molecule has 1 aromatic rings. The number of nitrogens with zero attached hydrogens (tertiary/aromatic N) is 3. The molecule has 0 aromatic carbocycles. The Morgan fingerprint density at radius 2 is 2.06 bits per heavy atom. The van der Waals surface area contributed by atoms with Crippen LogP contribution in [0.1, 0.15) is 19.7 Å². The molecule has 5 nitrogen and oxygen atoms in total. The van der Waals surface area contributed by atoms with Crippen LogP contribution in [0.25, 0.3) is 0 Å². The first-order valence-corrected chi connectivity index (χ1v) is 6.70. The van der Waals surface area contributed by atoms with Gasteiger partial charge < -0.3 is 15.2 Å². The molecule has 5 heteroatoms. The number of H-pyrrole nitrogens is 1. The fourth-order valence-corrected chi connectivity index (χ4v) is 2.41. The lowest BCUT2D eigenvalue weighted by molar-refractivity contribution is 0.0617. The predicted octanol–water partition coefficient (Wildman–Crippen LogP) is 0.525. The number of likely N-dealkylation sites (N-methyl/N-ethyl adjacent to an activating group) is 1. The van der Waals surface area contributed by atoms with E-state index in [0.29, 0.717) is 0 Å². The molecule has 0 spiro atoms. The first kappa shape index (κ1) is 13.5. The van der Waals surface area contributed by atoms with Gasteiger partial charge in [0.1, 0.15) is 5.82 Å². The maximum atomic E-state index is 4.22. The van der Waals surface area contributed by atoms with Crippen LogP contribution in [-0.2, 0) is 6.54 Å². The smallest absolute Gasteiger partial charge is 0.120 e. The molecular formula is C13H25N5. The Balaban J connectivity index is 1.76. The molecular weight excluding hydrogens is 226 g/mol. The summed E-state index contributed by atoms with van der Waals surface area (Å²) in [5, 5.41) is 3.49. The van der Waals surface area contributed by atoms with Crippen LogP contribution in [0.4, 0.5) is 0 Å². The summed E-state index contributed by atoms with van der Waals surface area (Å²) in [5.41, 5.74) is 0.202. The molecule has 1 aromatic heterocycles. The minimum absolute atomic E-state index is 0.202. The summed E-state index contributed by atoms with van der Waals surface area (Å²) in [6, 6.07) is 0. The molecule has 1 saturated heterocycles. The molecule has 0 bridgehead atoms. The molecule has 0 radical (unpaired) electrons. The van der Waals surface area contributed by atoms with Crippen molar-refractivity contribution in [3.8, 4) is 0 Å². The van der Waals surface area contributed by atoms with Crippen molar-refractivity contribution >= 4 is 0 Å². The van der Waals surface area contributed by atoms with Gasteiger partial charge in [0.15, 0.2) is 0 Å². The summed E-state index contributed by atoms with van der Waals surface area (Å²) in [7, 11) is 2.19. The van der Waals surface area contributed by atoms with Crippen LogP contribution in [0.2, 0.25) is 0 Å². The van der Waals surface area contributed by atoms with Crippen molar-refractivity contribution in [1.82, 2.24) is 25.1 Å². The van der Waals surface area contributed by atoms with Crippen molar-refractivity contribution in [2.24, 2.45) is 0 Å². The topological polar surface area (TPSA) is 47.2 Å². The summed E-state index contributed by atoms with van der Waals surface area (Å²) in [6.07, 6.45) is 3.66. The number of aromatic nitrogens is 2. The molecule has 0 unspecified atom stereocenters. The molecule has 18 heavy (non-hydrogen) atoms. The van der Waals surface area contributed by atoms with Gasteiger partial charge in [-0.05, 0) is 20.9 Å². The second-order valence-corrected chi connectivity index (χ2v) is 5.74. The molecule has 2 N–H and O–H groups in total. The molecule has 102 valence electrons. The van der Waals surface area contributed by atoms with E-state index in [1.54, 1.807) is 6.20 Å². The van der Waals surface area contributed by atoms with Gasteiger partial charge in [0.05, 0.1) is 6.54 Å². The second-order valence-electron chi connectivity index (χ2n) is 5.74. The molecule has 0 amide bonds. The van der Waals surface area contributed by atoms with Gasteiger partial charge in [0, 0.05) is 50.7 Å². The summed E-state index contributed by atoms with van der Waals surface area (Å²) < 4.78 is 0. The molecule has 0 aliphatic carbocycles. The van der Waals surface area contributed by atoms with E-state index in [-0.39, 0.29) is 5.54 Å². The zero-order valence-electron chi connectivity index (χ0n) is 11.7. The van der Waals surface area contributed by atoms with E-state index < -0.39 is 0 Å². The highest BCUT2D eigenvalue weighted by Crippen LogP contribution is 2.15. The molecule has 0 atom stereocenters. The highest BCUT2D eigenvalue weighted by Gasteiger charge is 2.28. The van der Waals surface area contributed by atoms with E-state index in [2.05, 4.69) is 46.0 Å². The summed E-state index contributed by atoms with van der Waals surface area (Å²) >= 11 is 0. The number of piperazine rings is 1.